The SMILES string of the molecule is CCc1c(C)c(C)c(C)[c-]1C[SiH](c1ccccc1)c1ccccc1.[Cl-].[Cl-].[Cl-].[Ti+4]. The molecule has 0 N–H and O–H groups in total. The van der Waals surface area contributed by atoms with E-state index in [4.69, 9.17) is 0 Å². The maximum absolute atomic E-state index is 2.33. The first-order valence-corrected chi connectivity index (χ1v) is 10.9. The van der Waals surface area contributed by atoms with Crippen LogP contribution in [0.25, 0.3) is 0 Å². The minimum Gasteiger partial charge on any atom is -1.00 e. The van der Waals surface area contributed by atoms with Gasteiger partial charge in [-0.3, -0.25) is 0 Å². The summed E-state index contributed by atoms with van der Waals surface area (Å²) < 4.78 is 0. The second-order valence-corrected chi connectivity index (χ2v) is 9.61. The first-order valence-electron chi connectivity index (χ1n) is 8.97. The molecule has 0 nitrogen and oxygen atoms in total. The summed E-state index contributed by atoms with van der Waals surface area (Å²) in [6.07, 6.45) is 1.14. The van der Waals surface area contributed by atoms with Crippen LogP contribution in [0.1, 0.15) is 34.7 Å². The maximum atomic E-state index is 2.33. The van der Waals surface area contributed by atoms with E-state index in [0.29, 0.717) is 0 Å². The minimum atomic E-state index is -1.25. The van der Waals surface area contributed by atoms with Crippen molar-refractivity contribution in [2.24, 2.45) is 0 Å². The monoisotopic (exact) mass is 484 g/mol. The molecule has 0 aliphatic rings. The van der Waals surface area contributed by atoms with Crippen LogP contribution < -0.4 is 47.6 Å². The van der Waals surface area contributed by atoms with E-state index in [0.717, 1.165) is 6.42 Å². The number of hydrogen-bond donors (Lipinski definition) is 0. The summed E-state index contributed by atoms with van der Waals surface area (Å²) >= 11 is 0. The molecular weight excluding hydrogens is 459 g/mol. The van der Waals surface area contributed by atoms with E-state index in [-0.39, 0.29) is 58.9 Å². The van der Waals surface area contributed by atoms with Gasteiger partial charge in [0.25, 0.3) is 0 Å². The Morgan fingerprint density at radius 1 is 0.714 bits per heavy atom. The van der Waals surface area contributed by atoms with E-state index in [2.05, 4.69) is 88.4 Å². The number of hydrogen-bond acceptors (Lipinski definition) is 0. The fraction of sp³-hybridized carbons (Fsp3) is 0.261. The van der Waals surface area contributed by atoms with Crippen molar-refractivity contribution in [3.8, 4) is 0 Å². The van der Waals surface area contributed by atoms with Crippen LogP contribution >= 0.6 is 0 Å². The third-order valence-electron chi connectivity index (χ3n) is 5.56. The third-order valence-corrected chi connectivity index (χ3v) is 8.76. The Morgan fingerprint density at radius 2 is 1.14 bits per heavy atom. The molecule has 28 heavy (non-hydrogen) atoms. The normalized spacial score (nSPS) is 9.61. The predicted molar refractivity (Wildman–Crippen MR) is 109 cm³/mol. The second kappa shape index (κ2) is 13.7. The Kier molecular flexibility index (Phi) is 14.6. The summed E-state index contributed by atoms with van der Waals surface area (Å²) in [5, 5.41) is 3.09. The van der Waals surface area contributed by atoms with Crippen molar-refractivity contribution >= 4 is 19.2 Å². The van der Waals surface area contributed by atoms with Crippen LogP contribution in [0.4, 0.5) is 0 Å². The van der Waals surface area contributed by atoms with Crippen LogP contribution in [0.3, 0.4) is 0 Å². The summed E-state index contributed by atoms with van der Waals surface area (Å²) in [5.41, 5.74) is 7.74. The molecule has 0 atom stereocenters. The summed E-state index contributed by atoms with van der Waals surface area (Å²) in [6.45, 7) is 9.20. The van der Waals surface area contributed by atoms with Crippen LogP contribution in [0.15, 0.2) is 60.7 Å². The van der Waals surface area contributed by atoms with Crippen LogP contribution in [0.2, 0.25) is 0 Å². The zero-order valence-electron chi connectivity index (χ0n) is 16.9. The molecule has 0 saturated carbocycles. The van der Waals surface area contributed by atoms with Gasteiger partial charge in [-0.25, -0.2) is 0 Å². The van der Waals surface area contributed by atoms with Crippen molar-refractivity contribution in [2.75, 3.05) is 0 Å². The molecule has 0 saturated heterocycles. The molecular formula is C23H27Cl3SiTi. The molecule has 3 rings (SSSR count). The topological polar surface area (TPSA) is 0 Å². The largest absolute Gasteiger partial charge is 4.00 e. The average molecular weight is 486 g/mol. The maximum Gasteiger partial charge on any atom is 4.00 e. The van der Waals surface area contributed by atoms with E-state index in [1.807, 2.05) is 0 Å². The number of halogens is 3. The van der Waals surface area contributed by atoms with E-state index >= 15 is 0 Å². The molecule has 0 fully saturated rings. The second-order valence-electron chi connectivity index (χ2n) is 6.76. The first-order chi connectivity index (χ1) is 11.6. The van der Waals surface area contributed by atoms with Gasteiger partial charge in [-0.05, 0) is 0 Å². The van der Waals surface area contributed by atoms with Gasteiger partial charge in [0.15, 0.2) is 0 Å². The number of benzene rings is 2. The van der Waals surface area contributed by atoms with Gasteiger partial charge in [-0.15, -0.1) is 0 Å². The molecule has 0 radical (unpaired) electrons. The van der Waals surface area contributed by atoms with Crippen molar-refractivity contribution in [1.29, 1.82) is 0 Å². The van der Waals surface area contributed by atoms with Gasteiger partial charge in [-0.2, -0.15) is 27.8 Å². The fourth-order valence-electron chi connectivity index (χ4n) is 3.94. The van der Waals surface area contributed by atoms with E-state index in [1.54, 1.807) is 21.5 Å². The molecule has 0 bridgehead atoms. The van der Waals surface area contributed by atoms with Crippen LogP contribution in [-0.4, -0.2) is 8.80 Å². The third kappa shape index (κ3) is 6.29. The Hall–Kier alpha value is -0.409. The molecule has 3 aromatic rings. The number of rotatable bonds is 5. The van der Waals surface area contributed by atoms with Gasteiger partial charge in [0.1, 0.15) is 0 Å². The predicted octanol–water partition coefficient (Wildman–Crippen LogP) is -4.97. The van der Waals surface area contributed by atoms with Crippen molar-refractivity contribution in [3.05, 3.63) is 88.5 Å². The quantitative estimate of drug-likeness (QED) is 0.251. The Balaban J connectivity index is 0. The Bertz CT molecular complexity index is 777. The molecule has 148 valence electrons. The molecule has 0 unspecified atom stereocenters. The average Bonchev–Trinajstić information content (AvgIpc) is 2.84. The van der Waals surface area contributed by atoms with Gasteiger partial charge in [0.05, 0.1) is 8.80 Å². The van der Waals surface area contributed by atoms with Gasteiger partial charge in [0.2, 0.25) is 0 Å². The molecule has 0 heterocycles. The zero-order chi connectivity index (χ0) is 17.1. The minimum absolute atomic E-state index is 0. The van der Waals surface area contributed by atoms with Crippen LogP contribution in [-0.2, 0) is 34.2 Å². The summed E-state index contributed by atoms with van der Waals surface area (Å²) in [4.78, 5) is 0. The Morgan fingerprint density at radius 3 is 1.54 bits per heavy atom. The molecule has 0 aromatic heterocycles. The van der Waals surface area contributed by atoms with Gasteiger partial charge in [-0.1, -0.05) is 111 Å². The van der Waals surface area contributed by atoms with Crippen molar-refractivity contribution in [2.45, 2.75) is 40.2 Å². The van der Waals surface area contributed by atoms with Gasteiger partial charge < -0.3 is 37.2 Å². The van der Waals surface area contributed by atoms with E-state index < -0.39 is 8.80 Å². The fourth-order valence-corrected chi connectivity index (χ4v) is 7.14. The van der Waals surface area contributed by atoms with Crippen molar-refractivity contribution in [3.63, 3.8) is 0 Å². The summed E-state index contributed by atoms with van der Waals surface area (Å²) in [6, 6.07) is 23.5. The first kappa shape index (κ1) is 29.8. The molecule has 0 aliphatic carbocycles. The van der Waals surface area contributed by atoms with Gasteiger partial charge >= 0.3 is 21.7 Å². The van der Waals surface area contributed by atoms with E-state index in [1.165, 1.54) is 22.7 Å². The molecule has 0 amide bonds. The van der Waals surface area contributed by atoms with Crippen molar-refractivity contribution < 1.29 is 58.9 Å². The molecule has 3 aromatic carbocycles. The molecule has 0 spiro atoms. The molecule has 0 aliphatic heterocycles. The summed E-state index contributed by atoms with van der Waals surface area (Å²) in [5.74, 6) is 0. The van der Waals surface area contributed by atoms with Crippen LogP contribution in [0, 0.1) is 20.8 Å². The van der Waals surface area contributed by atoms with Gasteiger partial charge in [0, 0.05) is 0 Å². The van der Waals surface area contributed by atoms with Crippen LogP contribution in [0.5, 0.6) is 0 Å². The standard InChI is InChI=1S/C23H27Si.3ClH.Ti/c1-5-22-18(3)17(2)19(4)23(22)16-24(20-12-8-6-9-13-20)21-14-10-7-11-15-21;;;;/h6-15,24H,5,16H2,1-4H3;3*1H;/q-1;;;;+4/p-3. The zero-order valence-corrected chi connectivity index (χ0v) is 21.9. The molecule has 5 heteroatoms. The smallest absolute Gasteiger partial charge is 1.00 e. The summed E-state index contributed by atoms with van der Waals surface area (Å²) in [7, 11) is -1.25. The van der Waals surface area contributed by atoms with E-state index in [9.17, 15) is 0 Å². The Labute approximate surface area is 205 Å². The van der Waals surface area contributed by atoms with Crippen molar-refractivity contribution in [1.82, 2.24) is 0 Å².